The van der Waals surface area contributed by atoms with Gasteiger partial charge in [0, 0.05) is 18.6 Å². The van der Waals surface area contributed by atoms with Gasteiger partial charge in [-0.3, -0.25) is 4.79 Å². The van der Waals surface area contributed by atoms with Gasteiger partial charge < -0.3 is 15.5 Å². The van der Waals surface area contributed by atoms with Gasteiger partial charge in [0.1, 0.15) is 6.04 Å². The monoisotopic (exact) mass is 341 g/mol. The number of benzene rings is 2. The predicted octanol–water partition coefficient (Wildman–Crippen LogP) is 2.79. The van der Waals surface area contributed by atoms with Gasteiger partial charge in [0.15, 0.2) is 0 Å². The third-order valence-corrected chi connectivity index (χ3v) is 4.19. The maximum Gasteiger partial charge on any atom is 0.326 e. The molecule has 0 heterocycles. The van der Waals surface area contributed by atoms with E-state index in [0.717, 1.165) is 28.7 Å². The largest absolute Gasteiger partial charge is 0.480 e. The van der Waals surface area contributed by atoms with E-state index in [1.165, 1.54) is 0 Å². The molecule has 0 spiro atoms. The summed E-state index contributed by atoms with van der Waals surface area (Å²) >= 11 is 0. The maximum absolute atomic E-state index is 12.7. The summed E-state index contributed by atoms with van der Waals surface area (Å²) in [5.74, 6) is -1.62. The Morgan fingerprint density at radius 3 is 2.44 bits per heavy atom. The van der Waals surface area contributed by atoms with Gasteiger partial charge in [0.25, 0.3) is 5.91 Å². The van der Waals surface area contributed by atoms with E-state index in [-0.39, 0.29) is 13.0 Å². The highest BCUT2D eigenvalue weighted by molar-refractivity contribution is 6.02. The number of amides is 1. The van der Waals surface area contributed by atoms with Crippen LogP contribution in [0.1, 0.15) is 34.8 Å². The van der Waals surface area contributed by atoms with Gasteiger partial charge >= 0.3 is 5.97 Å². The van der Waals surface area contributed by atoms with Gasteiger partial charge in [-0.25, -0.2) is 4.79 Å². The number of hydrogen-bond donors (Lipinski definition) is 3. The van der Waals surface area contributed by atoms with Crippen molar-refractivity contribution in [2.24, 2.45) is 0 Å². The minimum Gasteiger partial charge on any atom is -0.480 e. The van der Waals surface area contributed by atoms with Crippen molar-refractivity contribution in [1.82, 2.24) is 5.32 Å². The molecular formula is C20H23NO4. The molecule has 2 aromatic carbocycles. The summed E-state index contributed by atoms with van der Waals surface area (Å²) in [5, 5.41) is 20.7. The molecule has 132 valence electrons. The molecule has 5 heteroatoms. The molecule has 0 bridgehead atoms. The van der Waals surface area contributed by atoms with Crippen LogP contribution in [0, 0.1) is 6.92 Å². The third-order valence-electron chi connectivity index (χ3n) is 4.19. The first-order valence-corrected chi connectivity index (χ1v) is 8.31. The van der Waals surface area contributed by atoms with Crippen LogP contribution in [0.3, 0.4) is 0 Å². The third kappa shape index (κ3) is 4.45. The number of carbonyl (C=O) groups excluding carboxylic acids is 1. The van der Waals surface area contributed by atoms with Crippen LogP contribution < -0.4 is 5.32 Å². The van der Waals surface area contributed by atoms with Crippen LogP contribution in [-0.4, -0.2) is 34.7 Å². The molecule has 3 N–H and O–H groups in total. The zero-order valence-electron chi connectivity index (χ0n) is 14.5. The summed E-state index contributed by atoms with van der Waals surface area (Å²) < 4.78 is 0. The van der Waals surface area contributed by atoms with Crippen molar-refractivity contribution in [3.05, 3.63) is 59.2 Å². The highest BCUT2D eigenvalue weighted by atomic mass is 16.4. The highest BCUT2D eigenvalue weighted by Gasteiger charge is 2.22. The zero-order chi connectivity index (χ0) is 18.4. The Balaban J connectivity index is 2.45. The summed E-state index contributed by atoms with van der Waals surface area (Å²) in [4.78, 5) is 23.9. The molecule has 5 nitrogen and oxygen atoms in total. The Bertz CT molecular complexity index is 770. The minimum absolute atomic E-state index is 0.0339. The number of carboxylic acid groups (broad SMARTS) is 1. The Kier molecular flexibility index (Phi) is 6.31. The molecule has 2 rings (SSSR count). The lowest BCUT2D eigenvalue weighted by molar-refractivity contribution is -0.139. The van der Waals surface area contributed by atoms with Crippen molar-refractivity contribution in [2.45, 2.75) is 32.7 Å². The highest BCUT2D eigenvalue weighted by Crippen LogP contribution is 2.28. The van der Waals surface area contributed by atoms with Crippen molar-refractivity contribution in [3.8, 4) is 11.1 Å². The van der Waals surface area contributed by atoms with Gasteiger partial charge in [-0.1, -0.05) is 43.3 Å². The number of aryl methyl sites for hydroxylation is 2. The van der Waals surface area contributed by atoms with E-state index in [9.17, 15) is 14.7 Å². The molecule has 1 atom stereocenters. The van der Waals surface area contributed by atoms with Crippen molar-refractivity contribution in [3.63, 3.8) is 0 Å². The molecule has 0 aromatic heterocycles. The average Bonchev–Trinajstić information content (AvgIpc) is 2.61. The van der Waals surface area contributed by atoms with E-state index in [0.29, 0.717) is 5.56 Å². The van der Waals surface area contributed by atoms with E-state index in [2.05, 4.69) is 5.32 Å². The van der Waals surface area contributed by atoms with Crippen LogP contribution in [-0.2, 0) is 11.2 Å². The smallest absolute Gasteiger partial charge is 0.326 e. The molecule has 0 saturated carbocycles. The Morgan fingerprint density at radius 2 is 1.84 bits per heavy atom. The Labute approximate surface area is 147 Å². The lowest BCUT2D eigenvalue weighted by atomic mass is 9.93. The molecule has 0 aliphatic carbocycles. The lowest BCUT2D eigenvalue weighted by Crippen LogP contribution is -2.41. The molecule has 2 aromatic rings. The number of rotatable bonds is 7. The molecule has 0 radical (unpaired) electrons. The second-order valence-corrected chi connectivity index (χ2v) is 5.92. The van der Waals surface area contributed by atoms with Crippen LogP contribution in [0.4, 0.5) is 0 Å². The second-order valence-electron chi connectivity index (χ2n) is 5.92. The van der Waals surface area contributed by atoms with Gasteiger partial charge in [-0.05, 0) is 41.7 Å². The molecule has 1 amide bonds. The van der Waals surface area contributed by atoms with Crippen molar-refractivity contribution in [2.75, 3.05) is 6.61 Å². The molecule has 1 unspecified atom stereocenters. The fourth-order valence-corrected chi connectivity index (χ4v) is 2.73. The van der Waals surface area contributed by atoms with E-state index < -0.39 is 17.9 Å². The van der Waals surface area contributed by atoms with E-state index in [1.54, 1.807) is 6.07 Å². The average molecular weight is 341 g/mol. The van der Waals surface area contributed by atoms with Crippen LogP contribution in [0.15, 0.2) is 42.5 Å². The summed E-state index contributed by atoms with van der Waals surface area (Å²) in [6.45, 7) is 3.70. The predicted molar refractivity (Wildman–Crippen MR) is 96.6 cm³/mol. The van der Waals surface area contributed by atoms with Crippen molar-refractivity contribution >= 4 is 11.9 Å². The van der Waals surface area contributed by atoms with E-state index >= 15 is 0 Å². The number of aliphatic carboxylic acids is 1. The van der Waals surface area contributed by atoms with Crippen molar-refractivity contribution < 1.29 is 19.8 Å². The quantitative estimate of drug-likeness (QED) is 0.723. The molecule has 0 aliphatic rings. The van der Waals surface area contributed by atoms with Crippen LogP contribution >= 0.6 is 0 Å². The first-order chi connectivity index (χ1) is 12.0. The Hall–Kier alpha value is -2.66. The number of hydrogen-bond acceptors (Lipinski definition) is 3. The minimum atomic E-state index is -1.16. The van der Waals surface area contributed by atoms with Crippen molar-refractivity contribution in [1.29, 1.82) is 0 Å². The van der Waals surface area contributed by atoms with E-state index in [1.807, 2.05) is 50.2 Å². The normalized spacial score (nSPS) is 11.8. The Morgan fingerprint density at radius 1 is 1.12 bits per heavy atom. The fraction of sp³-hybridized carbons (Fsp3) is 0.300. The molecule has 0 aliphatic heterocycles. The standard InChI is InChI=1S/C20H23NO4/c1-3-14-8-9-16(19(23)21-18(10-11-22)20(24)25)17(12-14)15-7-5-4-6-13(15)2/h4-9,12,18,22H,3,10-11H2,1-2H3,(H,21,23)(H,24,25). The molecule has 0 saturated heterocycles. The number of carboxylic acids is 1. The molecule has 0 fully saturated rings. The first-order valence-electron chi connectivity index (χ1n) is 8.31. The van der Waals surface area contributed by atoms with Crippen LogP contribution in [0.2, 0.25) is 0 Å². The number of nitrogens with one attached hydrogen (secondary N) is 1. The number of aliphatic hydroxyl groups excluding tert-OH is 1. The van der Waals surface area contributed by atoms with Gasteiger partial charge in [-0.2, -0.15) is 0 Å². The topological polar surface area (TPSA) is 86.6 Å². The fourth-order valence-electron chi connectivity index (χ4n) is 2.73. The SMILES string of the molecule is CCc1ccc(C(=O)NC(CCO)C(=O)O)c(-c2ccccc2C)c1. The summed E-state index contributed by atoms with van der Waals surface area (Å²) in [7, 11) is 0. The van der Waals surface area contributed by atoms with Crippen LogP contribution in [0.25, 0.3) is 11.1 Å². The van der Waals surface area contributed by atoms with E-state index in [4.69, 9.17) is 5.11 Å². The summed E-state index contributed by atoms with van der Waals surface area (Å²) in [6, 6.07) is 12.2. The lowest BCUT2D eigenvalue weighted by Gasteiger charge is -2.17. The zero-order valence-corrected chi connectivity index (χ0v) is 14.5. The van der Waals surface area contributed by atoms with Gasteiger partial charge in [0.05, 0.1) is 0 Å². The summed E-state index contributed by atoms with van der Waals surface area (Å²) in [6.07, 6.45) is 0.802. The second kappa shape index (κ2) is 8.44. The maximum atomic E-state index is 12.7. The molecular weight excluding hydrogens is 318 g/mol. The van der Waals surface area contributed by atoms with Gasteiger partial charge in [0.2, 0.25) is 0 Å². The first kappa shape index (κ1) is 18.7. The number of aliphatic hydroxyl groups is 1. The van der Waals surface area contributed by atoms with Gasteiger partial charge in [-0.15, -0.1) is 0 Å². The number of carbonyl (C=O) groups is 2. The summed E-state index contributed by atoms with van der Waals surface area (Å²) in [5.41, 5.74) is 4.28. The van der Waals surface area contributed by atoms with Crippen LogP contribution in [0.5, 0.6) is 0 Å². The molecule has 25 heavy (non-hydrogen) atoms.